The van der Waals surface area contributed by atoms with E-state index in [1.165, 1.54) is 23.1 Å². The molecule has 0 fully saturated rings. The lowest BCUT2D eigenvalue weighted by atomic mass is 9.91. The van der Waals surface area contributed by atoms with Gasteiger partial charge in [0, 0.05) is 47.5 Å². The highest BCUT2D eigenvalue weighted by atomic mass is 19.1. The van der Waals surface area contributed by atoms with Crippen molar-refractivity contribution in [3.05, 3.63) is 101 Å². The van der Waals surface area contributed by atoms with Crippen molar-refractivity contribution in [1.29, 1.82) is 0 Å². The number of carbonyl (C=O) groups is 1. The van der Waals surface area contributed by atoms with Gasteiger partial charge in [-0.1, -0.05) is 30.3 Å². The lowest BCUT2D eigenvalue weighted by molar-refractivity contribution is 0.0692. The summed E-state index contributed by atoms with van der Waals surface area (Å²) < 4.78 is 13.7. The summed E-state index contributed by atoms with van der Waals surface area (Å²) in [7, 11) is 0. The van der Waals surface area contributed by atoms with Crippen molar-refractivity contribution in [2.24, 2.45) is 0 Å². The van der Waals surface area contributed by atoms with Gasteiger partial charge < -0.3 is 14.8 Å². The monoisotopic (exact) mass is 441 g/mol. The highest BCUT2D eigenvalue weighted by Crippen LogP contribution is 2.39. The molecule has 0 bridgehead atoms. The van der Waals surface area contributed by atoms with Crippen LogP contribution in [-0.4, -0.2) is 35.4 Å². The molecule has 168 valence electrons. The molecule has 4 aromatic rings. The summed E-state index contributed by atoms with van der Waals surface area (Å²) in [6, 6.07) is 22.3. The largest absolute Gasteiger partial charge is 0.372 e. The molecule has 0 spiro atoms. The summed E-state index contributed by atoms with van der Waals surface area (Å²) in [5, 5.41) is 1.19. The predicted molar refractivity (Wildman–Crippen MR) is 131 cm³/mol. The maximum atomic E-state index is 13.7. The average molecular weight is 442 g/mol. The third kappa shape index (κ3) is 3.78. The number of carbonyl (C=O) groups excluding carboxylic acids is 1. The van der Waals surface area contributed by atoms with E-state index >= 15 is 0 Å². The second kappa shape index (κ2) is 8.74. The van der Waals surface area contributed by atoms with E-state index in [9.17, 15) is 9.18 Å². The first kappa shape index (κ1) is 21.3. The Balaban J connectivity index is 1.56. The van der Waals surface area contributed by atoms with E-state index in [1.54, 1.807) is 12.1 Å². The summed E-state index contributed by atoms with van der Waals surface area (Å²) in [5.41, 5.74) is 5.99. The highest BCUT2D eigenvalue weighted by molar-refractivity contribution is 5.96. The van der Waals surface area contributed by atoms with Gasteiger partial charge in [-0.05, 0) is 73.9 Å². The predicted octanol–water partition coefficient (Wildman–Crippen LogP) is 5.94. The Kier molecular flexibility index (Phi) is 5.63. The Bertz CT molecular complexity index is 1270. The molecule has 1 N–H and O–H groups in total. The van der Waals surface area contributed by atoms with Gasteiger partial charge >= 0.3 is 0 Å². The Hall–Kier alpha value is -3.60. The number of hydrogen-bond donors (Lipinski definition) is 1. The number of nitrogens with one attached hydrogen (secondary N) is 1. The third-order valence-electron chi connectivity index (χ3n) is 6.72. The summed E-state index contributed by atoms with van der Waals surface area (Å²) in [4.78, 5) is 21.5. The number of aromatic amines is 1. The molecule has 4 nitrogen and oxygen atoms in total. The molecule has 1 aliphatic rings. The van der Waals surface area contributed by atoms with Crippen molar-refractivity contribution in [1.82, 2.24) is 9.88 Å². The molecule has 1 amide bonds. The zero-order chi connectivity index (χ0) is 22.9. The summed E-state index contributed by atoms with van der Waals surface area (Å²) in [5.74, 6) is -0.295. The maximum Gasteiger partial charge on any atom is 0.254 e. The molecule has 1 atom stereocenters. The molecule has 0 saturated heterocycles. The van der Waals surface area contributed by atoms with Crippen LogP contribution in [0.3, 0.4) is 0 Å². The first-order chi connectivity index (χ1) is 16.1. The number of amides is 1. The minimum atomic E-state index is -0.295. The van der Waals surface area contributed by atoms with Crippen LogP contribution in [0.25, 0.3) is 10.9 Å². The average Bonchev–Trinajstić information content (AvgIpc) is 3.24. The van der Waals surface area contributed by atoms with E-state index in [0.717, 1.165) is 42.0 Å². The Labute approximate surface area is 193 Å². The number of hydrogen-bond acceptors (Lipinski definition) is 2. The van der Waals surface area contributed by atoms with Gasteiger partial charge in [-0.25, -0.2) is 4.39 Å². The maximum absolute atomic E-state index is 13.7. The fourth-order valence-corrected chi connectivity index (χ4v) is 5.02. The topological polar surface area (TPSA) is 39.3 Å². The summed E-state index contributed by atoms with van der Waals surface area (Å²) in [6.07, 6.45) is 0.778. The van der Waals surface area contributed by atoms with Crippen LogP contribution >= 0.6 is 0 Å². The first-order valence-corrected chi connectivity index (χ1v) is 11.6. The number of nitrogens with zero attached hydrogens (tertiary/aromatic N) is 2. The SMILES string of the molecule is CCN(CC)c1ccc(C(=O)N2CCc3c([nH]c4ccccc34)[C@@H]2c2ccc(F)cc2)cc1. The van der Waals surface area contributed by atoms with Crippen LogP contribution in [0.4, 0.5) is 10.1 Å². The Morgan fingerprint density at radius 1 is 1.00 bits per heavy atom. The van der Waals surface area contributed by atoms with Crippen LogP contribution in [-0.2, 0) is 6.42 Å². The van der Waals surface area contributed by atoms with Gasteiger partial charge in [0.25, 0.3) is 5.91 Å². The van der Waals surface area contributed by atoms with Gasteiger partial charge in [0.15, 0.2) is 0 Å². The van der Waals surface area contributed by atoms with Crippen LogP contribution in [0.5, 0.6) is 0 Å². The van der Waals surface area contributed by atoms with Crippen LogP contribution in [0.2, 0.25) is 0 Å². The van der Waals surface area contributed by atoms with Crippen molar-refractivity contribution in [2.45, 2.75) is 26.3 Å². The van der Waals surface area contributed by atoms with E-state index in [1.807, 2.05) is 41.3 Å². The smallest absolute Gasteiger partial charge is 0.254 e. The highest BCUT2D eigenvalue weighted by Gasteiger charge is 2.35. The number of rotatable bonds is 5. The lowest BCUT2D eigenvalue weighted by Gasteiger charge is -2.36. The second-order valence-corrected chi connectivity index (χ2v) is 8.48. The van der Waals surface area contributed by atoms with Crippen LogP contribution in [0.15, 0.2) is 72.8 Å². The second-order valence-electron chi connectivity index (χ2n) is 8.48. The molecule has 1 aliphatic heterocycles. The standard InChI is InChI=1S/C28H28FN3O/c1-3-31(4-2)22-15-11-20(12-16-22)28(33)32-18-17-24-23-7-5-6-8-25(23)30-26(24)27(32)19-9-13-21(29)14-10-19/h5-16,27,30H,3-4,17-18H2,1-2H3/t27-/m0/s1. The molecule has 0 aliphatic carbocycles. The molecule has 2 heterocycles. The van der Waals surface area contributed by atoms with E-state index in [0.29, 0.717) is 12.1 Å². The Morgan fingerprint density at radius 2 is 1.70 bits per heavy atom. The zero-order valence-electron chi connectivity index (χ0n) is 19.0. The number of aromatic nitrogens is 1. The van der Waals surface area contributed by atoms with E-state index in [4.69, 9.17) is 0 Å². The molecule has 0 unspecified atom stereocenters. The molecular formula is C28H28FN3O. The molecular weight excluding hydrogens is 413 g/mol. The lowest BCUT2D eigenvalue weighted by Crippen LogP contribution is -2.40. The molecule has 33 heavy (non-hydrogen) atoms. The summed E-state index contributed by atoms with van der Waals surface area (Å²) in [6.45, 7) is 6.70. The number of H-pyrrole nitrogens is 1. The van der Waals surface area contributed by atoms with E-state index in [2.05, 4.69) is 35.9 Å². The fourth-order valence-electron chi connectivity index (χ4n) is 5.02. The molecule has 5 rings (SSSR count). The number of halogens is 1. The van der Waals surface area contributed by atoms with E-state index in [-0.39, 0.29) is 17.8 Å². The molecule has 5 heteroatoms. The van der Waals surface area contributed by atoms with Crippen molar-refractivity contribution in [3.8, 4) is 0 Å². The first-order valence-electron chi connectivity index (χ1n) is 11.6. The van der Waals surface area contributed by atoms with Crippen molar-refractivity contribution < 1.29 is 9.18 Å². The molecule has 0 saturated carbocycles. The summed E-state index contributed by atoms with van der Waals surface area (Å²) >= 11 is 0. The van der Waals surface area contributed by atoms with Gasteiger partial charge in [-0.15, -0.1) is 0 Å². The van der Waals surface area contributed by atoms with Crippen molar-refractivity contribution >= 4 is 22.5 Å². The molecule has 1 aromatic heterocycles. The van der Waals surface area contributed by atoms with Gasteiger partial charge in [0.05, 0.1) is 6.04 Å². The minimum absolute atomic E-state index is 0.0141. The van der Waals surface area contributed by atoms with Crippen LogP contribution in [0.1, 0.15) is 47.1 Å². The third-order valence-corrected chi connectivity index (χ3v) is 6.72. The number of fused-ring (bicyclic) bond motifs is 3. The van der Waals surface area contributed by atoms with Gasteiger partial charge in [0.1, 0.15) is 5.82 Å². The minimum Gasteiger partial charge on any atom is -0.372 e. The number of benzene rings is 3. The number of anilines is 1. The zero-order valence-corrected chi connectivity index (χ0v) is 19.0. The van der Waals surface area contributed by atoms with Crippen molar-refractivity contribution in [3.63, 3.8) is 0 Å². The van der Waals surface area contributed by atoms with Crippen molar-refractivity contribution in [2.75, 3.05) is 24.5 Å². The van der Waals surface area contributed by atoms with Gasteiger partial charge in [0.2, 0.25) is 0 Å². The van der Waals surface area contributed by atoms with Gasteiger partial charge in [-0.2, -0.15) is 0 Å². The molecule has 3 aromatic carbocycles. The number of para-hydroxylation sites is 1. The quantitative estimate of drug-likeness (QED) is 0.416. The fraction of sp³-hybridized carbons (Fsp3) is 0.250. The Morgan fingerprint density at radius 3 is 2.39 bits per heavy atom. The van der Waals surface area contributed by atoms with Crippen LogP contribution in [0, 0.1) is 5.82 Å². The van der Waals surface area contributed by atoms with E-state index < -0.39 is 0 Å². The molecule has 0 radical (unpaired) electrons. The normalized spacial score (nSPS) is 15.5. The van der Waals surface area contributed by atoms with Crippen LogP contribution < -0.4 is 4.90 Å². The van der Waals surface area contributed by atoms with Gasteiger partial charge in [-0.3, -0.25) is 4.79 Å².